The number of hydrogen-bond acceptors (Lipinski definition) is 7. The van der Waals surface area contributed by atoms with Gasteiger partial charge in [-0.3, -0.25) is 9.69 Å². The van der Waals surface area contributed by atoms with E-state index in [0.29, 0.717) is 30.2 Å². The average Bonchev–Trinajstić information content (AvgIpc) is 3.33. The Balaban J connectivity index is 1.33. The maximum absolute atomic E-state index is 13.0. The predicted molar refractivity (Wildman–Crippen MR) is 117 cm³/mol. The highest BCUT2D eigenvalue weighted by Gasteiger charge is 2.32. The molecule has 2 aromatic rings. The molecular weight excluding hydrogens is 396 g/mol. The fourth-order valence-electron chi connectivity index (χ4n) is 4.18. The van der Waals surface area contributed by atoms with Crippen molar-refractivity contribution in [3.63, 3.8) is 0 Å². The molecule has 8 heteroatoms. The molecule has 2 atom stereocenters. The summed E-state index contributed by atoms with van der Waals surface area (Å²) in [6.07, 6.45) is 1.20. The molecule has 0 aromatic heterocycles. The van der Waals surface area contributed by atoms with E-state index in [1.807, 2.05) is 17.0 Å². The second-order valence-electron chi connectivity index (χ2n) is 7.80. The normalized spacial score (nSPS) is 21.7. The lowest BCUT2D eigenvalue weighted by molar-refractivity contribution is 0.0544. The molecule has 31 heavy (non-hydrogen) atoms. The van der Waals surface area contributed by atoms with Crippen LogP contribution in [0.4, 0.5) is 0 Å². The van der Waals surface area contributed by atoms with Crippen LogP contribution in [0, 0.1) is 0 Å². The molecule has 1 amide bonds. The minimum atomic E-state index is 0.00506. The van der Waals surface area contributed by atoms with Gasteiger partial charge < -0.3 is 19.1 Å². The Kier molecular flexibility index (Phi) is 6.60. The zero-order valence-electron chi connectivity index (χ0n) is 18.3. The van der Waals surface area contributed by atoms with Crippen molar-refractivity contribution in [3.8, 4) is 17.2 Å². The lowest BCUT2D eigenvalue weighted by Gasteiger charge is -2.37. The molecule has 2 saturated heterocycles. The molecule has 2 aliphatic rings. The summed E-state index contributed by atoms with van der Waals surface area (Å²) in [4.78, 5) is 17.3. The van der Waals surface area contributed by atoms with Crippen LogP contribution in [0.2, 0.25) is 0 Å². The molecule has 0 spiro atoms. The fourth-order valence-corrected chi connectivity index (χ4v) is 4.18. The number of carbonyl (C=O) groups is 1. The molecular formula is C23H30N4O4. The molecule has 0 bridgehead atoms. The number of rotatable bonds is 6. The summed E-state index contributed by atoms with van der Waals surface area (Å²) in [5.41, 5.74) is 8.64. The second-order valence-corrected chi connectivity index (χ2v) is 7.80. The van der Waals surface area contributed by atoms with Crippen LogP contribution in [0.1, 0.15) is 28.4 Å². The van der Waals surface area contributed by atoms with Crippen molar-refractivity contribution in [1.82, 2.24) is 20.7 Å². The summed E-state index contributed by atoms with van der Waals surface area (Å²) in [7, 11) is 4.85. The van der Waals surface area contributed by atoms with Crippen LogP contribution in [0.3, 0.4) is 0 Å². The summed E-state index contributed by atoms with van der Waals surface area (Å²) in [6, 6.07) is 13.7. The summed E-state index contributed by atoms with van der Waals surface area (Å²) < 4.78 is 15.8. The molecule has 0 aliphatic carbocycles. The Morgan fingerprint density at radius 3 is 2.03 bits per heavy atom. The number of nitrogens with zero attached hydrogens (tertiary/aromatic N) is 2. The number of ether oxygens (including phenoxy) is 3. The van der Waals surface area contributed by atoms with E-state index in [9.17, 15) is 4.79 Å². The van der Waals surface area contributed by atoms with Crippen molar-refractivity contribution in [3.05, 3.63) is 53.6 Å². The first-order valence-corrected chi connectivity index (χ1v) is 10.5. The minimum absolute atomic E-state index is 0.00506. The van der Waals surface area contributed by atoms with E-state index in [4.69, 9.17) is 14.2 Å². The van der Waals surface area contributed by atoms with Crippen molar-refractivity contribution in [2.24, 2.45) is 0 Å². The van der Waals surface area contributed by atoms with Gasteiger partial charge in [-0.15, -0.1) is 0 Å². The van der Waals surface area contributed by atoms with Gasteiger partial charge in [-0.2, -0.15) is 0 Å². The van der Waals surface area contributed by atoms with E-state index in [2.05, 4.69) is 27.9 Å². The molecule has 2 fully saturated rings. The highest BCUT2D eigenvalue weighted by molar-refractivity contribution is 5.95. The number of nitrogens with one attached hydrogen (secondary N) is 2. The van der Waals surface area contributed by atoms with E-state index in [0.717, 1.165) is 25.3 Å². The first-order chi connectivity index (χ1) is 15.1. The van der Waals surface area contributed by atoms with Crippen LogP contribution in [-0.4, -0.2) is 69.4 Å². The van der Waals surface area contributed by atoms with E-state index < -0.39 is 0 Å². The van der Waals surface area contributed by atoms with Crippen LogP contribution >= 0.6 is 0 Å². The Bertz CT molecular complexity index is 875. The Hall–Kier alpha value is -2.81. The highest BCUT2D eigenvalue weighted by Crippen LogP contribution is 2.27. The van der Waals surface area contributed by atoms with Gasteiger partial charge in [0.15, 0.2) is 0 Å². The Morgan fingerprint density at radius 1 is 0.839 bits per heavy atom. The third-order valence-electron chi connectivity index (χ3n) is 6.04. The molecule has 4 rings (SSSR count). The highest BCUT2D eigenvalue weighted by atomic mass is 16.5. The van der Waals surface area contributed by atoms with Gasteiger partial charge in [-0.1, -0.05) is 12.1 Å². The van der Waals surface area contributed by atoms with Gasteiger partial charge in [-0.05, 0) is 36.2 Å². The number of methoxy groups -OCH3 is 3. The first kappa shape index (κ1) is 21.4. The third kappa shape index (κ3) is 4.76. The van der Waals surface area contributed by atoms with E-state index in [-0.39, 0.29) is 18.1 Å². The van der Waals surface area contributed by atoms with E-state index >= 15 is 0 Å². The van der Waals surface area contributed by atoms with Crippen LogP contribution in [0.15, 0.2) is 42.5 Å². The minimum Gasteiger partial charge on any atom is -0.497 e. The summed E-state index contributed by atoms with van der Waals surface area (Å²) in [5, 5.41) is 0. The van der Waals surface area contributed by atoms with Gasteiger partial charge in [0.1, 0.15) is 17.2 Å². The molecule has 2 heterocycles. The van der Waals surface area contributed by atoms with E-state index in [1.165, 1.54) is 5.56 Å². The van der Waals surface area contributed by atoms with Gasteiger partial charge in [0.25, 0.3) is 5.91 Å². The van der Waals surface area contributed by atoms with Gasteiger partial charge in [-0.25, -0.2) is 10.9 Å². The molecule has 2 aliphatic heterocycles. The van der Waals surface area contributed by atoms with Gasteiger partial charge in [0.05, 0.1) is 27.5 Å². The van der Waals surface area contributed by atoms with Gasteiger partial charge in [0, 0.05) is 43.9 Å². The number of hydrogen-bond donors (Lipinski definition) is 2. The summed E-state index contributed by atoms with van der Waals surface area (Å²) in [5.74, 6) is 2.10. The monoisotopic (exact) mass is 426 g/mol. The largest absolute Gasteiger partial charge is 0.497 e. The number of carbonyl (C=O) groups excluding carboxylic acids is 1. The molecule has 8 nitrogen and oxygen atoms in total. The molecule has 0 radical (unpaired) electrons. The van der Waals surface area contributed by atoms with Crippen LogP contribution in [0.5, 0.6) is 17.2 Å². The smallest absolute Gasteiger partial charge is 0.254 e. The van der Waals surface area contributed by atoms with Crippen LogP contribution in [-0.2, 0) is 0 Å². The van der Waals surface area contributed by atoms with Gasteiger partial charge in [0.2, 0.25) is 0 Å². The number of hydrazine groups is 1. The Morgan fingerprint density at radius 2 is 1.45 bits per heavy atom. The quantitative estimate of drug-likeness (QED) is 0.732. The fraction of sp³-hybridized carbons (Fsp3) is 0.435. The number of amides is 1. The second kappa shape index (κ2) is 9.55. The molecule has 166 valence electrons. The SMILES string of the molecule is COc1ccc(C2CC(N3CCN(C(=O)c4cc(OC)cc(OC)c4)CC3)NN2)cc1. The Labute approximate surface area is 183 Å². The predicted octanol–water partition coefficient (Wildman–Crippen LogP) is 2.04. The topological polar surface area (TPSA) is 75.3 Å². The van der Waals surface area contributed by atoms with Crippen molar-refractivity contribution in [2.45, 2.75) is 18.6 Å². The van der Waals surface area contributed by atoms with Crippen molar-refractivity contribution < 1.29 is 19.0 Å². The molecule has 2 unspecified atom stereocenters. The van der Waals surface area contributed by atoms with Crippen LogP contribution < -0.4 is 25.1 Å². The average molecular weight is 427 g/mol. The number of benzene rings is 2. The molecule has 2 aromatic carbocycles. The molecule has 2 N–H and O–H groups in total. The van der Waals surface area contributed by atoms with Gasteiger partial charge >= 0.3 is 0 Å². The summed E-state index contributed by atoms with van der Waals surface area (Å²) >= 11 is 0. The third-order valence-corrected chi connectivity index (χ3v) is 6.04. The maximum Gasteiger partial charge on any atom is 0.254 e. The lowest BCUT2D eigenvalue weighted by Crippen LogP contribution is -2.55. The van der Waals surface area contributed by atoms with Crippen molar-refractivity contribution in [2.75, 3.05) is 47.5 Å². The zero-order chi connectivity index (χ0) is 21.8. The maximum atomic E-state index is 13.0. The lowest BCUT2D eigenvalue weighted by atomic mass is 10.0. The van der Waals surface area contributed by atoms with Crippen LogP contribution in [0.25, 0.3) is 0 Å². The zero-order valence-corrected chi connectivity index (χ0v) is 18.3. The van der Waals surface area contributed by atoms with Crippen molar-refractivity contribution >= 4 is 5.91 Å². The van der Waals surface area contributed by atoms with E-state index in [1.54, 1.807) is 39.5 Å². The van der Waals surface area contributed by atoms with Crippen molar-refractivity contribution in [1.29, 1.82) is 0 Å². The first-order valence-electron chi connectivity index (χ1n) is 10.5. The standard InChI is InChI=1S/C23H30N4O4/c1-29-18-6-4-16(5-7-18)21-15-22(25-24-21)26-8-10-27(11-9-26)23(28)17-12-19(30-2)14-20(13-17)31-3/h4-7,12-14,21-22,24-25H,8-11,15H2,1-3H3. The number of piperazine rings is 1. The molecule has 0 saturated carbocycles. The summed E-state index contributed by atoms with van der Waals surface area (Å²) in [6.45, 7) is 3.01.